The Morgan fingerprint density at radius 1 is 1.31 bits per heavy atom. The van der Waals surface area contributed by atoms with Crippen molar-refractivity contribution in [3.8, 4) is 11.5 Å². The maximum absolute atomic E-state index is 13.4. The third-order valence-corrected chi connectivity index (χ3v) is 2.05. The Morgan fingerprint density at radius 2 is 2.12 bits per heavy atom. The molecule has 0 aliphatic carbocycles. The number of rotatable bonds is 2. The Balaban J connectivity index is 2.55. The van der Waals surface area contributed by atoms with Crippen molar-refractivity contribution >= 4 is 5.82 Å². The molecule has 0 radical (unpaired) electrons. The predicted octanol–water partition coefficient (Wildman–Crippen LogP) is 1.27. The van der Waals surface area contributed by atoms with Crippen LogP contribution in [-0.2, 0) is 0 Å². The molecular formula is C10H10FN5. The van der Waals surface area contributed by atoms with Gasteiger partial charge in [0.05, 0.1) is 5.69 Å². The largest absolute Gasteiger partial charge is 0.306 e. The van der Waals surface area contributed by atoms with Gasteiger partial charge in [-0.05, 0) is 19.1 Å². The van der Waals surface area contributed by atoms with Crippen molar-refractivity contribution in [1.29, 1.82) is 0 Å². The lowest BCUT2D eigenvalue weighted by Crippen LogP contribution is -2.13. The molecule has 0 aliphatic rings. The Labute approximate surface area is 91.5 Å². The molecule has 5 nitrogen and oxygen atoms in total. The Kier molecular flexibility index (Phi) is 2.74. The zero-order valence-corrected chi connectivity index (χ0v) is 8.61. The summed E-state index contributed by atoms with van der Waals surface area (Å²) < 4.78 is 13.4. The first-order valence-corrected chi connectivity index (χ1v) is 4.64. The normalized spacial score (nSPS) is 10.2. The number of hydrogen-bond donors (Lipinski definition) is 2. The van der Waals surface area contributed by atoms with Gasteiger partial charge >= 0.3 is 0 Å². The molecule has 0 saturated carbocycles. The Morgan fingerprint density at radius 3 is 2.75 bits per heavy atom. The van der Waals surface area contributed by atoms with E-state index in [9.17, 15) is 4.39 Å². The zero-order valence-electron chi connectivity index (χ0n) is 8.61. The lowest BCUT2D eigenvalue weighted by molar-refractivity contribution is 0.606. The van der Waals surface area contributed by atoms with E-state index in [2.05, 4.69) is 20.4 Å². The summed E-state index contributed by atoms with van der Waals surface area (Å²) in [5.74, 6) is 4.92. The second-order valence-corrected chi connectivity index (χ2v) is 3.15. The number of anilines is 1. The van der Waals surface area contributed by atoms with Crippen molar-refractivity contribution in [2.45, 2.75) is 6.92 Å². The summed E-state index contributed by atoms with van der Waals surface area (Å²) in [6.07, 6.45) is 1.62. The molecule has 0 spiro atoms. The van der Waals surface area contributed by atoms with Gasteiger partial charge in [0.15, 0.2) is 17.5 Å². The minimum absolute atomic E-state index is 0.0341. The number of hydrogen-bond acceptors (Lipinski definition) is 5. The number of nitrogen functional groups attached to an aromatic ring is 1. The maximum Gasteiger partial charge on any atom is 0.187 e. The monoisotopic (exact) mass is 219 g/mol. The number of aryl methyl sites for hydroxylation is 1. The molecule has 0 aliphatic heterocycles. The van der Waals surface area contributed by atoms with Gasteiger partial charge in [-0.15, -0.1) is 0 Å². The Bertz CT molecular complexity index is 500. The van der Waals surface area contributed by atoms with Gasteiger partial charge in [-0.1, -0.05) is 6.07 Å². The summed E-state index contributed by atoms with van der Waals surface area (Å²) in [5, 5.41) is 0. The van der Waals surface area contributed by atoms with Gasteiger partial charge in [-0.25, -0.2) is 20.2 Å². The van der Waals surface area contributed by atoms with E-state index >= 15 is 0 Å². The molecular weight excluding hydrogens is 209 g/mol. The molecule has 0 fully saturated rings. The highest BCUT2D eigenvalue weighted by atomic mass is 19.1. The number of nitrogens with two attached hydrogens (primary N) is 1. The molecule has 3 N–H and O–H groups in total. The van der Waals surface area contributed by atoms with Crippen molar-refractivity contribution in [3.63, 3.8) is 0 Å². The standard InChI is InChI=1S/C10H10FN5/c1-6-8(11)10(16-12)15-9(14-6)7-4-2-3-5-13-7/h2-5H,12H2,1H3,(H,14,15,16). The topological polar surface area (TPSA) is 76.7 Å². The molecule has 0 saturated heterocycles. The fourth-order valence-electron chi connectivity index (χ4n) is 1.26. The fourth-order valence-corrected chi connectivity index (χ4v) is 1.26. The Hall–Kier alpha value is -2.08. The van der Waals surface area contributed by atoms with Gasteiger partial charge in [-0.3, -0.25) is 4.98 Å². The van der Waals surface area contributed by atoms with E-state index in [1.54, 1.807) is 31.3 Å². The molecule has 0 atom stereocenters. The molecule has 0 aromatic carbocycles. The van der Waals surface area contributed by atoms with E-state index in [1.807, 2.05) is 0 Å². The summed E-state index contributed by atoms with van der Waals surface area (Å²) in [6, 6.07) is 5.33. The average molecular weight is 219 g/mol. The third-order valence-electron chi connectivity index (χ3n) is 2.05. The van der Waals surface area contributed by atoms with Crippen LogP contribution in [-0.4, -0.2) is 15.0 Å². The summed E-state index contributed by atoms with van der Waals surface area (Å²) in [4.78, 5) is 12.0. The lowest BCUT2D eigenvalue weighted by atomic mass is 10.3. The first-order valence-electron chi connectivity index (χ1n) is 4.64. The van der Waals surface area contributed by atoms with Crippen LogP contribution in [0.1, 0.15) is 5.69 Å². The highest BCUT2D eigenvalue weighted by molar-refractivity contribution is 5.52. The highest BCUT2D eigenvalue weighted by Gasteiger charge is 2.11. The number of halogens is 1. The second-order valence-electron chi connectivity index (χ2n) is 3.15. The first kappa shape index (κ1) is 10.4. The van der Waals surface area contributed by atoms with Crippen LogP contribution in [0.5, 0.6) is 0 Å². The minimum atomic E-state index is -0.554. The van der Waals surface area contributed by atoms with Gasteiger partial charge in [0.1, 0.15) is 5.69 Å². The van der Waals surface area contributed by atoms with Crippen LogP contribution in [0.25, 0.3) is 11.5 Å². The molecule has 2 heterocycles. The van der Waals surface area contributed by atoms with Crippen molar-refractivity contribution in [1.82, 2.24) is 15.0 Å². The van der Waals surface area contributed by atoms with Crippen molar-refractivity contribution < 1.29 is 4.39 Å². The molecule has 0 amide bonds. The molecule has 16 heavy (non-hydrogen) atoms. The van der Waals surface area contributed by atoms with E-state index in [1.165, 1.54) is 0 Å². The molecule has 82 valence electrons. The van der Waals surface area contributed by atoms with Crippen LogP contribution in [0.15, 0.2) is 24.4 Å². The lowest BCUT2D eigenvalue weighted by Gasteiger charge is -2.06. The smallest absolute Gasteiger partial charge is 0.187 e. The van der Waals surface area contributed by atoms with Gasteiger partial charge in [0.2, 0.25) is 0 Å². The number of pyridine rings is 1. The summed E-state index contributed by atoms with van der Waals surface area (Å²) in [5.41, 5.74) is 2.99. The van der Waals surface area contributed by atoms with Crippen molar-refractivity contribution in [2.24, 2.45) is 5.84 Å². The van der Waals surface area contributed by atoms with E-state index < -0.39 is 5.82 Å². The number of aromatic nitrogens is 3. The number of nitrogens with one attached hydrogen (secondary N) is 1. The molecule has 0 bridgehead atoms. The third kappa shape index (κ3) is 1.82. The molecule has 2 aromatic rings. The van der Waals surface area contributed by atoms with E-state index in [0.717, 1.165) is 0 Å². The van der Waals surface area contributed by atoms with Crippen LogP contribution in [0.2, 0.25) is 0 Å². The van der Waals surface area contributed by atoms with E-state index in [-0.39, 0.29) is 11.5 Å². The van der Waals surface area contributed by atoms with Gasteiger partial charge < -0.3 is 5.43 Å². The quantitative estimate of drug-likeness (QED) is 0.587. The van der Waals surface area contributed by atoms with Gasteiger partial charge in [0.25, 0.3) is 0 Å². The minimum Gasteiger partial charge on any atom is -0.306 e. The summed E-state index contributed by atoms with van der Waals surface area (Å²) in [7, 11) is 0. The van der Waals surface area contributed by atoms with Crippen molar-refractivity contribution in [3.05, 3.63) is 35.9 Å². The average Bonchev–Trinajstić information content (AvgIpc) is 2.33. The van der Waals surface area contributed by atoms with Crippen LogP contribution in [0.3, 0.4) is 0 Å². The van der Waals surface area contributed by atoms with Gasteiger partial charge in [0, 0.05) is 6.20 Å². The molecule has 2 rings (SSSR count). The maximum atomic E-state index is 13.4. The van der Waals surface area contributed by atoms with Crippen LogP contribution in [0.4, 0.5) is 10.2 Å². The summed E-state index contributed by atoms with van der Waals surface area (Å²) >= 11 is 0. The SMILES string of the molecule is Cc1nc(-c2ccccn2)nc(NN)c1F. The highest BCUT2D eigenvalue weighted by Crippen LogP contribution is 2.18. The van der Waals surface area contributed by atoms with Gasteiger partial charge in [-0.2, -0.15) is 0 Å². The van der Waals surface area contributed by atoms with Crippen molar-refractivity contribution in [2.75, 3.05) is 5.43 Å². The fraction of sp³-hybridized carbons (Fsp3) is 0.100. The molecule has 0 unspecified atom stereocenters. The van der Waals surface area contributed by atoms with E-state index in [0.29, 0.717) is 11.5 Å². The zero-order chi connectivity index (χ0) is 11.5. The summed E-state index contributed by atoms with van der Waals surface area (Å²) in [6.45, 7) is 1.55. The molecule has 2 aromatic heterocycles. The second kappa shape index (κ2) is 4.19. The van der Waals surface area contributed by atoms with Crippen LogP contribution >= 0.6 is 0 Å². The van der Waals surface area contributed by atoms with E-state index in [4.69, 9.17) is 5.84 Å². The molecule has 6 heteroatoms. The van der Waals surface area contributed by atoms with Crippen LogP contribution < -0.4 is 11.3 Å². The first-order chi connectivity index (χ1) is 7.72. The predicted molar refractivity (Wildman–Crippen MR) is 57.8 cm³/mol. The number of nitrogens with zero attached hydrogens (tertiary/aromatic N) is 3. The number of hydrazine groups is 1. The van der Waals surface area contributed by atoms with Crippen LogP contribution in [0, 0.1) is 12.7 Å².